The molecule has 3 nitrogen and oxygen atoms in total. The van der Waals surface area contributed by atoms with Crippen LogP contribution in [0.25, 0.3) is 0 Å². The lowest BCUT2D eigenvalue weighted by atomic mass is 9.99. The molecule has 2 atom stereocenters. The first kappa shape index (κ1) is 9.44. The van der Waals surface area contributed by atoms with Gasteiger partial charge in [0.15, 0.2) is 5.82 Å². The lowest BCUT2D eigenvalue weighted by Crippen LogP contribution is -2.30. The topological polar surface area (TPSA) is 29.0 Å². The third-order valence-corrected chi connectivity index (χ3v) is 3.24. The number of fused-ring (bicyclic) bond motifs is 1. The maximum Gasteiger partial charge on any atom is 0.155 e. The first-order valence-electron chi connectivity index (χ1n) is 5.26. The summed E-state index contributed by atoms with van der Waals surface area (Å²) in [5.41, 5.74) is 2.37. The zero-order valence-corrected chi connectivity index (χ0v) is 9.28. The summed E-state index contributed by atoms with van der Waals surface area (Å²) in [7, 11) is 0. The van der Waals surface area contributed by atoms with Gasteiger partial charge in [0.25, 0.3) is 0 Å². The molecule has 1 aromatic heterocycles. The third kappa shape index (κ3) is 1.19. The molecule has 0 aromatic carbocycles. The van der Waals surface area contributed by atoms with Gasteiger partial charge in [0, 0.05) is 24.1 Å². The van der Waals surface area contributed by atoms with E-state index in [1.807, 2.05) is 6.92 Å². The van der Waals surface area contributed by atoms with Crippen molar-refractivity contribution in [1.29, 1.82) is 0 Å². The fraction of sp³-hybridized carbons (Fsp3) is 0.636. The second-order valence-electron chi connectivity index (χ2n) is 4.08. The average molecular weight is 191 g/mol. The maximum absolute atomic E-state index is 4.29. The average Bonchev–Trinajstić information content (AvgIpc) is 2.41. The molecule has 1 aliphatic rings. The van der Waals surface area contributed by atoms with Crippen LogP contribution in [0.1, 0.15) is 37.9 Å². The van der Waals surface area contributed by atoms with E-state index in [1.165, 1.54) is 5.56 Å². The molecular formula is C11H17N3. The van der Waals surface area contributed by atoms with E-state index in [-0.39, 0.29) is 0 Å². The summed E-state index contributed by atoms with van der Waals surface area (Å²) in [5.74, 6) is 1.65. The second kappa shape index (κ2) is 3.23. The fourth-order valence-corrected chi connectivity index (χ4v) is 2.22. The number of rotatable bonds is 1. The molecule has 0 saturated carbocycles. The molecular weight excluding hydrogens is 174 g/mol. The molecule has 0 aliphatic carbocycles. The number of hydrogen-bond donors (Lipinski definition) is 0. The summed E-state index contributed by atoms with van der Waals surface area (Å²) < 4.78 is 0. The van der Waals surface area contributed by atoms with Crippen molar-refractivity contribution >= 4 is 5.82 Å². The van der Waals surface area contributed by atoms with Gasteiger partial charge in [-0.1, -0.05) is 6.92 Å². The molecule has 2 rings (SSSR count). The number of anilines is 1. The van der Waals surface area contributed by atoms with Crippen LogP contribution in [0.2, 0.25) is 0 Å². The molecule has 0 N–H and O–H groups in total. The number of hydrogen-bond acceptors (Lipinski definition) is 3. The first-order valence-corrected chi connectivity index (χ1v) is 5.26. The van der Waals surface area contributed by atoms with E-state index < -0.39 is 0 Å². The monoisotopic (exact) mass is 191 g/mol. The minimum Gasteiger partial charge on any atom is -0.352 e. The highest BCUT2D eigenvalue weighted by molar-refractivity contribution is 5.55. The van der Waals surface area contributed by atoms with E-state index in [1.54, 1.807) is 0 Å². The van der Waals surface area contributed by atoms with Crippen molar-refractivity contribution in [3.8, 4) is 0 Å². The Morgan fingerprint density at radius 2 is 2.07 bits per heavy atom. The maximum atomic E-state index is 4.29. The van der Waals surface area contributed by atoms with Gasteiger partial charge in [-0.05, 0) is 26.8 Å². The molecule has 3 heteroatoms. The summed E-state index contributed by atoms with van der Waals surface area (Å²) in [6, 6.07) is 2.71. The predicted molar refractivity (Wildman–Crippen MR) is 57.7 cm³/mol. The van der Waals surface area contributed by atoms with Crippen molar-refractivity contribution in [3.63, 3.8) is 0 Å². The lowest BCUT2D eigenvalue weighted by Gasteiger charge is -2.22. The fourth-order valence-electron chi connectivity index (χ4n) is 2.22. The van der Waals surface area contributed by atoms with Crippen LogP contribution in [0.5, 0.6) is 0 Å². The summed E-state index contributed by atoms with van der Waals surface area (Å²) in [4.78, 5) is 2.33. The second-order valence-corrected chi connectivity index (χ2v) is 4.08. The van der Waals surface area contributed by atoms with Crippen LogP contribution < -0.4 is 4.90 Å². The van der Waals surface area contributed by atoms with Gasteiger partial charge in [0.2, 0.25) is 0 Å². The van der Waals surface area contributed by atoms with E-state index in [0.717, 1.165) is 18.1 Å². The Morgan fingerprint density at radius 3 is 2.71 bits per heavy atom. The minimum atomic E-state index is 0.547. The highest BCUT2D eigenvalue weighted by Gasteiger charge is 2.33. The van der Waals surface area contributed by atoms with Gasteiger partial charge in [-0.3, -0.25) is 0 Å². The van der Waals surface area contributed by atoms with Gasteiger partial charge in [0.05, 0.1) is 5.69 Å². The smallest absolute Gasteiger partial charge is 0.155 e. The standard InChI is InChI=1S/C11H17N3/c1-5-14-9(4)8(3)10-6-7(2)12-13-11(10)14/h6,8-9H,5H2,1-4H3. The normalized spacial score (nSPS) is 25.3. The lowest BCUT2D eigenvalue weighted by molar-refractivity contribution is 0.600. The molecule has 0 amide bonds. The summed E-state index contributed by atoms with van der Waals surface area (Å²) >= 11 is 0. The van der Waals surface area contributed by atoms with Crippen LogP contribution in [0.4, 0.5) is 5.82 Å². The highest BCUT2D eigenvalue weighted by atomic mass is 15.3. The SMILES string of the molecule is CCN1c2nnc(C)cc2C(C)C1C. The van der Waals surface area contributed by atoms with Gasteiger partial charge in [-0.25, -0.2) is 0 Å². The van der Waals surface area contributed by atoms with E-state index >= 15 is 0 Å². The molecule has 76 valence electrons. The molecule has 14 heavy (non-hydrogen) atoms. The number of likely N-dealkylation sites (N-methyl/N-ethyl adjacent to an activating group) is 1. The van der Waals surface area contributed by atoms with E-state index in [4.69, 9.17) is 0 Å². The van der Waals surface area contributed by atoms with Crippen molar-refractivity contribution in [2.45, 2.75) is 39.7 Å². The first-order chi connectivity index (χ1) is 6.65. The Balaban J connectivity index is 2.50. The third-order valence-electron chi connectivity index (χ3n) is 3.24. The Labute approximate surface area is 85.1 Å². The van der Waals surface area contributed by atoms with Crippen LogP contribution >= 0.6 is 0 Å². The van der Waals surface area contributed by atoms with Gasteiger partial charge < -0.3 is 4.90 Å². The van der Waals surface area contributed by atoms with Crippen LogP contribution in [0, 0.1) is 6.92 Å². The van der Waals surface area contributed by atoms with Gasteiger partial charge in [-0.2, -0.15) is 5.10 Å². The molecule has 0 bridgehead atoms. The van der Waals surface area contributed by atoms with Crippen molar-refractivity contribution in [3.05, 3.63) is 17.3 Å². The van der Waals surface area contributed by atoms with Crippen molar-refractivity contribution < 1.29 is 0 Å². The summed E-state index contributed by atoms with van der Waals surface area (Å²) in [5, 5.41) is 8.41. The Hall–Kier alpha value is -1.12. The molecule has 2 unspecified atom stereocenters. The van der Waals surface area contributed by atoms with Gasteiger partial charge in [0.1, 0.15) is 0 Å². The largest absolute Gasteiger partial charge is 0.352 e. The zero-order valence-electron chi connectivity index (χ0n) is 9.28. The van der Waals surface area contributed by atoms with Gasteiger partial charge >= 0.3 is 0 Å². The molecule has 0 spiro atoms. The van der Waals surface area contributed by atoms with E-state index in [2.05, 4.69) is 41.9 Å². The van der Waals surface area contributed by atoms with Crippen LogP contribution in [0.3, 0.4) is 0 Å². The minimum absolute atomic E-state index is 0.547. The molecule has 0 saturated heterocycles. The Bertz CT molecular complexity index is 348. The predicted octanol–water partition coefficient (Wildman–Crippen LogP) is 2.12. The quantitative estimate of drug-likeness (QED) is 0.681. The van der Waals surface area contributed by atoms with Crippen LogP contribution in [0.15, 0.2) is 6.07 Å². The zero-order chi connectivity index (χ0) is 10.3. The highest BCUT2D eigenvalue weighted by Crippen LogP contribution is 2.38. The molecule has 0 fully saturated rings. The van der Waals surface area contributed by atoms with Crippen LogP contribution in [-0.4, -0.2) is 22.8 Å². The van der Waals surface area contributed by atoms with E-state index in [0.29, 0.717) is 12.0 Å². The molecule has 2 heterocycles. The van der Waals surface area contributed by atoms with Gasteiger partial charge in [-0.15, -0.1) is 5.10 Å². The van der Waals surface area contributed by atoms with Crippen molar-refractivity contribution in [1.82, 2.24) is 10.2 Å². The molecule has 1 aromatic rings. The number of nitrogens with zero attached hydrogens (tertiary/aromatic N) is 3. The number of aryl methyl sites for hydroxylation is 1. The molecule has 1 aliphatic heterocycles. The van der Waals surface area contributed by atoms with Crippen molar-refractivity contribution in [2.75, 3.05) is 11.4 Å². The van der Waals surface area contributed by atoms with Crippen molar-refractivity contribution in [2.24, 2.45) is 0 Å². The van der Waals surface area contributed by atoms with E-state index in [9.17, 15) is 0 Å². The Kier molecular flexibility index (Phi) is 2.17. The Morgan fingerprint density at radius 1 is 1.36 bits per heavy atom. The van der Waals surface area contributed by atoms with Crippen LogP contribution in [-0.2, 0) is 0 Å². The molecule has 0 radical (unpaired) electrons. The summed E-state index contributed by atoms with van der Waals surface area (Å²) in [6.45, 7) is 9.70. The number of aromatic nitrogens is 2. The summed E-state index contributed by atoms with van der Waals surface area (Å²) in [6.07, 6.45) is 0.